The summed E-state index contributed by atoms with van der Waals surface area (Å²) in [7, 11) is 0. The lowest BCUT2D eigenvalue weighted by atomic mass is 10.2. The second kappa shape index (κ2) is 8.36. The number of ether oxygens (including phenoxy) is 1. The van der Waals surface area contributed by atoms with Crippen molar-refractivity contribution in [3.8, 4) is 5.75 Å². The zero-order valence-corrected chi connectivity index (χ0v) is 14.5. The molecule has 4 nitrogen and oxygen atoms in total. The van der Waals surface area contributed by atoms with E-state index in [9.17, 15) is 9.18 Å². The van der Waals surface area contributed by atoms with Gasteiger partial charge in [0.15, 0.2) is 6.61 Å². The molecule has 0 saturated heterocycles. The monoisotopic (exact) mass is 370 g/mol. The third-order valence-electron chi connectivity index (χ3n) is 3.49. The average molecular weight is 371 g/mol. The zero-order valence-electron chi connectivity index (χ0n) is 13.7. The van der Waals surface area contributed by atoms with E-state index in [0.717, 1.165) is 11.4 Å². The van der Waals surface area contributed by atoms with Crippen LogP contribution in [0.2, 0.25) is 5.02 Å². The predicted molar refractivity (Wildman–Crippen MR) is 102 cm³/mol. The smallest absolute Gasteiger partial charge is 0.262 e. The van der Waals surface area contributed by atoms with Gasteiger partial charge in [0.1, 0.15) is 11.6 Å². The Balaban J connectivity index is 1.50. The molecule has 0 aromatic heterocycles. The van der Waals surface area contributed by atoms with Crippen LogP contribution in [0.15, 0.2) is 72.8 Å². The Morgan fingerprint density at radius 2 is 1.38 bits per heavy atom. The SMILES string of the molecule is O=C(COc1ccc(Cl)cc1)Nc1ccc(Nc2ccc(F)cc2)cc1. The largest absolute Gasteiger partial charge is 0.484 e. The third kappa shape index (κ3) is 5.22. The fraction of sp³-hybridized carbons (Fsp3) is 0.0500. The van der Waals surface area contributed by atoms with Crippen LogP contribution in [0.4, 0.5) is 21.5 Å². The molecule has 0 radical (unpaired) electrons. The van der Waals surface area contributed by atoms with Gasteiger partial charge in [0.05, 0.1) is 0 Å². The van der Waals surface area contributed by atoms with Gasteiger partial charge in [-0.25, -0.2) is 4.39 Å². The van der Waals surface area contributed by atoms with Crippen molar-refractivity contribution in [2.75, 3.05) is 17.2 Å². The molecular formula is C20H16ClFN2O2. The van der Waals surface area contributed by atoms with E-state index >= 15 is 0 Å². The lowest BCUT2D eigenvalue weighted by Crippen LogP contribution is -2.20. The zero-order chi connectivity index (χ0) is 18.4. The summed E-state index contributed by atoms with van der Waals surface area (Å²) in [5.41, 5.74) is 2.26. The Labute approximate surface area is 155 Å². The molecule has 3 rings (SSSR count). The number of amides is 1. The van der Waals surface area contributed by atoms with Crippen molar-refractivity contribution >= 4 is 34.6 Å². The first-order valence-electron chi connectivity index (χ1n) is 7.89. The number of carbonyl (C=O) groups is 1. The number of hydrogen-bond donors (Lipinski definition) is 2. The van der Waals surface area contributed by atoms with E-state index in [0.29, 0.717) is 16.5 Å². The first kappa shape index (κ1) is 17.8. The van der Waals surface area contributed by atoms with Gasteiger partial charge in [-0.15, -0.1) is 0 Å². The fourth-order valence-electron chi connectivity index (χ4n) is 2.21. The highest BCUT2D eigenvalue weighted by molar-refractivity contribution is 6.30. The molecule has 0 fully saturated rings. The number of anilines is 3. The number of hydrogen-bond acceptors (Lipinski definition) is 3. The quantitative estimate of drug-likeness (QED) is 0.623. The first-order chi connectivity index (χ1) is 12.6. The van der Waals surface area contributed by atoms with E-state index in [1.165, 1.54) is 12.1 Å². The summed E-state index contributed by atoms with van der Waals surface area (Å²) < 4.78 is 18.3. The van der Waals surface area contributed by atoms with Gasteiger partial charge >= 0.3 is 0 Å². The number of nitrogens with one attached hydrogen (secondary N) is 2. The molecule has 26 heavy (non-hydrogen) atoms. The van der Waals surface area contributed by atoms with E-state index in [-0.39, 0.29) is 18.3 Å². The van der Waals surface area contributed by atoms with Crippen LogP contribution in [-0.2, 0) is 4.79 Å². The van der Waals surface area contributed by atoms with Crippen LogP contribution in [0.25, 0.3) is 0 Å². The van der Waals surface area contributed by atoms with Crippen LogP contribution in [0.1, 0.15) is 0 Å². The highest BCUT2D eigenvalue weighted by Crippen LogP contribution is 2.19. The third-order valence-corrected chi connectivity index (χ3v) is 3.74. The van der Waals surface area contributed by atoms with Gasteiger partial charge in [-0.1, -0.05) is 11.6 Å². The summed E-state index contributed by atoms with van der Waals surface area (Å²) in [5.74, 6) is 0.0250. The van der Waals surface area contributed by atoms with Crippen molar-refractivity contribution in [1.82, 2.24) is 0 Å². The second-order valence-corrected chi connectivity index (χ2v) is 5.94. The first-order valence-corrected chi connectivity index (χ1v) is 8.27. The van der Waals surface area contributed by atoms with Crippen molar-refractivity contribution in [2.45, 2.75) is 0 Å². The Hall–Kier alpha value is -3.05. The maximum atomic E-state index is 12.9. The molecule has 0 aliphatic rings. The summed E-state index contributed by atoms with van der Waals surface area (Å²) in [6.07, 6.45) is 0. The molecular weight excluding hydrogens is 355 g/mol. The lowest BCUT2D eigenvalue weighted by molar-refractivity contribution is -0.118. The molecule has 0 bridgehead atoms. The van der Waals surface area contributed by atoms with Crippen molar-refractivity contribution in [3.63, 3.8) is 0 Å². The van der Waals surface area contributed by atoms with Crippen molar-refractivity contribution in [3.05, 3.63) is 83.6 Å². The molecule has 0 saturated carbocycles. The topological polar surface area (TPSA) is 50.4 Å². The van der Waals surface area contributed by atoms with Crippen LogP contribution in [0.5, 0.6) is 5.75 Å². The summed E-state index contributed by atoms with van der Waals surface area (Å²) in [5, 5.41) is 6.51. The van der Waals surface area contributed by atoms with Gasteiger partial charge in [0.25, 0.3) is 5.91 Å². The molecule has 0 heterocycles. The highest BCUT2D eigenvalue weighted by Gasteiger charge is 2.04. The van der Waals surface area contributed by atoms with E-state index in [2.05, 4.69) is 10.6 Å². The van der Waals surface area contributed by atoms with E-state index < -0.39 is 0 Å². The number of carbonyl (C=O) groups excluding carboxylic acids is 1. The minimum absolute atomic E-state index is 0.1000. The van der Waals surface area contributed by atoms with Crippen molar-refractivity contribution in [1.29, 1.82) is 0 Å². The van der Waals surface area contributed by atoms with Crippen LogP contribution < -0.4 is 15.4 Å². The van der Waals surface area contributed by atoms with Gasteiger partial charge in [-0.05, 0) is 72.8 Å². The highest BCUT2D eigenvalue weighted by atomic mass is 35.5. The molecule has 0 aliphatic heterocycles. The number of benzene rings is 3. The maximum Gasteiger partial charge on any atom is 0.262 e. The van der Waals surface area contributed by atoms with Crippen LogP contribution in [-0.4, -0.2) is 12.5 Å². The molecule has 132 valence electrons. The molecule has 0 atom stereocenters. The molecule has 6 heteroatoms. The van der Waals surface area contributed by atoms with Gasteiger partial charge < -0.3 is 15.4 Å². The molecule has 0 aliphatic carbocycles. The van der Waals surface area contributed by atoms with Gasteiger partial charge in [0, 0.05) is 22.1 Å². The summed E-state index contributed by atoms with van der Waals surface area (Å²) in [4.78, 5) is 11.9. The van der Waals surface area contributed by atoms with Gasteiger partial charge in [0.2, 0.25) is 0 Å². The number of rotatable bonds is 6. The number of halogens is 2. The Morgan fingerprint density at radius 3 is 2.00 bits per heavy atom. The Kier molecular flexibility index (Phi) is 5.71. The van der Waals surface area contributed by atoms with E-state index in [4.69, 9.17) is 16.3 Å². The second-order valence-electron chi connectivity index (χ2n) is 5.50. The minimum atomic E-state index is -0.283. The molecule has 3 aromatic carbocycles. The average Bonchev–Trinajstić information content (AvgIpc) is 2.65. The molecule has 2 N–H and O–H groups in total. The normalized spacial score (nSPS) is 10.2. The Bertz CT molecular complexity index is 866. The van der Waals surface area contributed by atoms with Crippen LogP contribution >= 0.6 is 11.6 Å². The Morgan fingerprint density at radius 1 is 0.846 bits per heavy atom. The molecule has 1 amide bonds. The lowest BCUT2D eigenvalue weighted by Gasteiger charge is -2.09. The van der Waals surface area contributed by atoms with Crippen molar-refractivity contribution < 1.29 is 13.9 Å². The summed E-state index contributed by atoms with van der Waals surface area (Å²) in [6, 6.07) is 20.0. The molecule has 3 aromatic rings. The summed E-state index contributed by atoms with van der Waals surface area (Å²) in [6.45, 7) is -0.1000. The van der Waals surface area contributed by atoms with Gasteiger partial charge in [-0.3, -0.25) is 4.79 Å². The van der Waals surface area contributed by atoms with E-state index in [1.807, 2.05) is 12.1 Å². The standard InChI is InChI=1S/C20H16ClFN2O2/c21-14-1-11-19(12-2-14)26-13-20(25)24-18-9-7-17(8-10-18)23-16-5-3-15(22)4-6-16/h1-12,23H,13H2,(H,24,25). The van der Waals surface area contributed by atoms with Crippen LogP contribution in [0.3, 0.4) is 0 Å². The predicted octanol–water partition coefficient (Wildman–Crippen LogP) is 5.24. The van der Waals surface area contributed by atoms with Gasteiger partial charge in [-0.2, -0.15) is 0 Å². The van der Waals surface area contributed by atoms with E-state index in [1.54, 1.807) is 48.5 Å². The summed E-state index contributed by atoms with van der Waals surface area (Å²) >= 11 is 5.80. The van der Waals surface area contributed by atoms with Crippen LogP contribution in [0, 0.1) is 5.82 Å². The molecule has 0 spiro atoms. The fourth-order valence-corrected chi connectivity index (χ4v) is 2.34. The minimum Gasteiger partial charge on any atom is -0.484 e. The molecule has 0 unspecified atom stereocenters. The maximum absolute atomic E-state index is 12.9. The van der Waals surface area contributed by atoms with Crippen molar-refractivity contribution in [2.24, 2.45) is 0 Å².